The van der Waals surface area contributed by atoms with Gasteiger partial charge in [0.05, 0.1) is 22.8 Å². The molecule has 1 atom stereocenters. The number of halogens is 1. The first-order chi connectivity index (χ1) is 17.2. The van der Waals surface area contributed by atoms with Gasteiger partial charge >= 0.3 is 6.09 Å². The van der Waals surface area contributed by atoms with Crippen LogP contribution in [-0.2, 0) is 17.6 Å². The third kappa shape index (κ3) is 4.78. The topological polar surface area (TPSA) is 96.0 Å². The van der Waals surface area contributed by atoms with Crippen molar-refractivity contribution in [3.05, 3.63) is 81.5 Å². The second-order valence-electron chi connectivity index (χ2n) is 10.2. The Labute approximate surface area is 208 Å². The molecule has 0 spiro atoms. The predicted molar refractivity (Wildman–Crippen MR) is 135 cm³/mol. The fourth-order valence-corrected chi connectivity index (χ4v) is 4.73. The number of hydrogen-bond acceptors (Lipinski definition) is 4. The van der Waals surface area contributed by atoms with E-state index in [2.05, 4.69) is 15.1 Å². The quantitative estimate of drug-likeness (QED) is 0.409. The number of rotatable bonds is 5. The average Bonchev–Trinajstić information content (AvgIpc) is 3.54. The lowest BCUT2D eigenvalue weighted by molar-refractivity contribution is 0.0220. The van der Waals surface area contributed by atoms with Crippen molar-refractivity contribution in [2.24, 2.45) is 0 Å². The van der Waals surface area contributed by atoms with Gasteiger partial charge in [0.15, 0.2) is 0 Å². The zero-order chi connectivity index (χ0) is 25.4. The van der Waals surface area contributed by atoms with Crippen molar-refractivity contribution >= 4 is 17.1 Å². The Morgan fingerprint density at radius 1 is 1.14 bits per heavy atom. The van der Waals surface area contributed by atoms with E-state index in [1.54, 1.807) is 17.0 Å². The lowest BCUT2D eigenvalue weighted by atomic mass is 10.0. The van der Waals surface area contributed by atoms with Gasteiger partial charge in [-0.05, 0) is 76.3 Å². The predicted octanol–water partition coefficient (Wildman–Crippen LogP) is 5.04. The van der Waals surface area contributed by atoms with E-state index < -0.39 is 11.7 Å². The van der Waals surface area contributed by atoms with E-state index in [-0.39, 0.29) is 17.4 Å². The minimum Gasteiger partial charge on any atom is -0.444 e. The molecular formula is C27H30FN5O3. The zero-order valence-corrected chi connectivity index (χ0v) is 20.7. The normalized spacial score (nSPS) is 16.1. The van der Waals surface area contributed by atoms with Gasteiger partial charge in [0.1, 0.15) is 11.4 Å². The molecule has 2 N–H and O–H groups in total. The smallest absolute Gasteiger partial charge is 0.410 e. The Hall–Kier alpha value is -3.88. The molecule has 3 heterocycles. The monoisotopic (exact) mass is 491 g/mol. The minimum absolute atomic E-state index is 0.220. The summed E-state index contributed by atoms with van der Waals surface area (Å²) in [5, 5.41) is 3.26. The summed E-state index contributed by atoms with van der Waals surface area (Å²) in [5.74, 6) is 0.0876. The lowest BCUT2D eigenvalue weighted by Crippen LogP contribution is -2.36. The molecule has 0 bridgehead atoms. The van der Waals surface area contributed by atoms with Crippen molar-refractivity contribution in [2.75, 3.05) is 6.54 Å². The summed E-state index contributed by atoms with van der Waals surface area (Å²) in [4.78, 5) is 36.2. The lowest BCUT2D eigenvalue weighted by Gasteiger charge is -2.28. The van der Waals surface area contributed by atoms with Crippen LogP contribution >= 0.6 is 0 Å². The molecule has 9 heteroatoms. The Balaban J connectivity index is 1.54. The molecule has 5 rings (SSSR count). The number of fused-ring (bicyclic) bond motifs is 1. The summed E-state index contributed by atoms with van der Waals surface area (Å²) < 4.78 is 20.4. The molecule has 1 unspecified atom stereocenters. The number of imidazole rings is 1. The third-order valence-electron chi connectivity index (χ3n) is 6.40. The van der Waals surface area contributed by atoms with Gasteiger partial charge in [-0.3, -0.25) is 14.8 Å². The number of carbonyl (C=O) groups excluding carboxylic acids is 1. The summed E-state index contributed by atoms with van der Waals surface area (Å²) in [7, 11) is 0. The van der Waals surface area contributed by atoms with Crippen LogP contribution in [-0.4, -0.2) is 42.9 Å². The Morgan fingerprint density at radius 2 is 1.89 bits per heavy atom. The highest BCUT2D eigenvalue weighted by Gasteiger charge is 2.36. The van der Waals surface area contributed by atoms with Crippen molar-refractivity contribution in [2.45, 2.75) is 58.1 Å². The first-order valence-corrected chi connectivity index (χ1v) is 12.2. The maximum Gasteiger partial charge on any atom is 0.410 e. The summed E-state index contributed by atoms with van der Waals surface area (Å²) in [6.07, 6.45) is 2.11. The number of amides is 1. The molecule has 0 aliphatic carbocycles. The van der Waals surface area contributed by atoms with Crippen molar-refractivity contribution in [1.82, 2.24) is 24.6 Å². The van der Waals surface area contributed by atoms with Crippen LogP contribution in [0.4, 0.5) is 9.18 Å². The summed E-state index contributed by atoms with van der Waals surface area (Å²) in [5.41, 5.74) is 2.92. The van der Waals surface area contributed by atoms with Crippen molar-refractivity contribution in [1.29, 1.82) is 0 Å². The van der Waals surface area contributed by atoms with Gasteiger partial charge in [-0.1, -0.05) is 24.3 Å². The number of likely N-dealkylation sites (tertiary alicyclic amines) is 1. The van der Waals surface area contributed by atoms with E-state index >= 15 is 0 Å². The number of para-hydroxylation sites is 2. The number of nitrogens with zero attached hydrogens (tertiary/aromatic N) is 3. The zero-order valence-electron chi connectivity index (χ0n) is 20.7. The standard InChI is InChI=1S/C27H30FN5O3/c1-27(2,3)36-26(35)32-16-6-9-22(32)23-19(15-12-17-10-13-18(28)14-11-17)24(34)33(31-23)25-29-20-7-4-5-8-21(20)30-25/h4-5,7-8,10-11,13-14,22,31H,6,9,12,15-16H2,1-3H3,(H,29,30). The van der Waals surface area contributed by atoms with Gasteiger partial charge in [0, 0.05) is 12.1 Å². The van der Waals surface area contributed by atoms with Gasteiger partial charge < -0.3 is 9.72 Å². The molecule has 1 amide bonds. The van der Waals surface area contributed by atoms with E-state index in [1.165, 1.54) is 16.8 Å². The molecule has 0 radical (unpaired) electrons. The van der Waals surface area contributed by atoms with Crippen LogP contribution in [0.3, 0.4) is 0 Å². The number of hydrogen-bond donors (Lipinski definition) is 2. The molecule has 0 saturated carbocycles. The number of H-pyrrole nitrogens is 2. The van der Waals surface area contributed by atoms with E-state index in [9.17, 15) is 14.0 Å². The average molecular weight is 492 g/mol. The van der Waals surface area contributed by atoms with Crippen LogP contribution in [0.2, 0.25) is 0 Å². The first-order valence-electron chi connectivity index (χ1n) is 12.2. The number of aromatic nitrogens is 4. The Kier molecular flexibility index (Phi) is 6.15. The van der Waals surface area contributed by atoms with Crippen molar-refractivity contribution in [3.8, 4) is 5.95 Å². The second kappa shape index (κ2) is 9.29. The molecule has 1 fully saturated rings. The molecule has 1 saturated heterocycles. The first kappa shape index (κ1) is 23.8. The number of carbonyl (C=O) groups is 1. The van der Waals surface area contributed by atoms with Crippen molar-refractivity contribution in [3.63, 3.8) is 0 Å². The number of aryl methyl sites for hydroxylation is 1. The van der Waals surface area contributed by atoms with Crippen LogP contribution < -0.4 is 5.56 Å². The largest absolute Gasteiger partial charge is 0.444 e. The van der Waals surface area contributed by atoms with E-state index in [0.717, 1.165) is 23.0 Å². The SMILES string of the molecule is CC(C)(C)OC(=O)N1CCCC1c1[nH]n(-c2nc3ccccc3[nH]2)c(=O)c1CCc1ccc(F)cc1. The van der Waals surface area contributed by atoms with Gasteiger partial charge in [0.2, 0.25) is 5.95 Å². The molecule has 1 aliphatic heterocycles. The molecule has 2 aromatic heterocycles. The maximum atomic E-state index is 13.7. The minimum atomic E-state index is -0.622. The Morgan fingerprint density at radius 3 is 2.61 bits per heavy atom. The van der Waals surface area contributed by atoms with Crippen LogP contribution in [0.5, 0.6) is 0 Å². The number of aromatic amines is 2. The van der Waals surface area contributed by atoms with Gasteiger partial charge in [-0.2, -0.15) is 4.68 Å². The van der Waals surface area contributed by atoms with Gasteiger partial charge in [-0.25, -0.2) is 14.2 Å². The fourth-order valence-electron chi connectivity index (χ4n) is 4.73. The number of ether oxygens (including phenoxy) is 1. The van der Waals surface area contributed by atoms with Crippen LogP contribution in [0, 0.1) is 5.82 Å². The summed E-state index contributed by atoms with van der Waals surface area (Å²) >= 11 is 0. The number of nitrogens with one attached hydrogen (secondary N) is 2. The second-order valence-corrected chi connectivity index (χ2v) is 10.2. The number of benzene rings is 2. The molecule has 1 aliphatic rings. The van der Waals surface area contributed by atoms with Crippen LogP contribution in [0.15, 0.2) is 53.3 Å². The molecule has 188 valence electrons. The molecule has 4 aromatic rings. The molecule has 8 nitrogen and oxygen atoms in total. The molecule has 36 heavy (non-hydrogen) atoms. The third-order valence-corrected chi connectivity index (χ3v) is 6.40. The fraction of sp³-hybridized carbons (Fsp3) is 0.370. The highest BCUT2D eigenvalue weighted by atomic mass is 19.1. The van der Waals surface area contributed by atoms with Gasteiger partial charge in [0.25, 0.3) is 5.56 Å². The van der Waals surface area contributed by atoms with Crippen LogP contribution in [0.25, 0.3) is 17.0 Å². The van der Waals surface area contributed by atoms with E-state index in [4.69, 9.17) is 4.74 Å². The highest BCUT2D eigenvalue weighted by Crippen LogP contribution is 2.34. The highest BCUT2D eigenvalue weighted by molar-refractivity contribution is 5.76. The maximum absolute atomic E-state index is 13.7. The summed E-state index contributed by atoms with van der Waals surface area (Å²) in [6, 6.07) is 13.5. The molecule has 2 aromatic carbocycles. The molecular weight excluding hydrogens is 461 g/mol. The van der Waals surface area contributed by atoms with Crippen molar-refractivity contribution < 1.29 is 13.9 Å². The Bertz CT molecular complexity index is 1410. The van der Waals surface area contributed by atoms with Gasteiger partial charge in [-0.15, -0.1) is 0 Å². The van der Waals surface area contributed by atoms with E-state index in [1.807, 2.05) is 45.0 Å². The van der Waals surface area contributed by atoms with E-state index in [0.29, 0.717) is 43.0 Å². The van der Waals surface area contributed by atoms with Crippen LogP contribution in [0.1, 0.15) is 56.5 Å². The summed E-state index contributed by atoms with van der Waals surface area (Å²) in [6.45, 7) is 6.06.